The van der Waals surface area contributed by atoms with Crippen LogP contribution in [0, 0.1) is 0 Å². The van der Waals surface area contributed by atoms with Crippen molar-refractivity contribution in [3.05, 3.63) is 36.4 Å². The summed E-state index contributed by atoms with van der Waals surface area (Å²) in [6.45, 7) is 8.28. The van der Waals surface area contributed by atoms with E-state index in [1.165, 1.54) is 0 Å². The molecule has 0 atom stereocenters. The highest BCUT2D eigenvalue weighted by atomic mass is 16.6. The zero-order valence-corrected chi connectivity index (χ0v) is 12.9. The van der Waals surface area contributed by atoms with Gasteiger partial charge in [0.25, 0.3) is 0 Å². The van der Waals surface area contributed by atoms with E-state index in [0.717, 1.165) is 16.5 Å². The molecule has 0 aliphatic heterocycles. The number of ether oxygens (including phenoxy) is 2. The maximum atomic E-state index is 11.8. The first kappa shape index (κ1) is 15.2. The predicted molar refractivity (Wildman–Crippen MR) is 84.0 cm³/mol. The van der Waals surface area contributed by atoms with Gasteiger partial charge in [-0.1, -0.05) is 12.1 Å². The Hall–Kier alpha value is -2.23. The quantitative estimate of drug-likeness (QED) is 0.923. The number of carbonyl (C=O) groups excluding carboxylic acids is 1. The fourth-order valence-electron chi connectivity index (χ4n) is 1.96. The second kappa shape index (κ2) is 6.04. The summed E-state index contributed by atoms with van der Waals surface area (Å²) in [7, 11) is 0. The predicted octanol–water partition coefficient (Wildman–Crippen LogP) is 4.13. The molecule has 0 saturated heterocycles. The molecule has 0 saturated carbocycles. The van der Waals surface area contributed by atoms with Gasteiger partial charge in [0.15, 0.2) is 0 Å². The van der Waals surface area contributed by atoms with Crippen LogP contribution in [0.4, 0.5) is 4.79 Å². The van der Waals surface area contributed by atoms with E-state index < -0.39 is 6.09 Å². The molecule has 0 unspecified atom stereocenters. The summed E-state index contributed by atoms with van der Waals surface area (Å²) in [5, 5.41) is 4.81. The number of hydrogen-bond acceptors (Lipinski definition) is 3. The molecule has 112 valence electrons. The number of benzene rings is 2. The Kier molecular flexibility index (Phi) is 4.36. The Morgan fingerprint density at radius 2 is 1.67 bits per heavy atom. The average molecular weight is 287 g/mol. The molecule has 0 bridgehead atoms. The van der Waals surface area contributed by atoms with Gasteiger partial charge in [0.05, 0.1) is 6.61 Å². The lowest BCUT2D eigenvalue weighted by atomic mass is 10.1. The Labute approximate surface area is 125 Å². The maximum Gasteiger partial charge on any atom is 0.413 e. The highest BCUT2D eigenvalue weighted by Crippen LogP contribution is 2.25. The molecule has 4 heteroatoms. The normalized spacial score (nSPS) is 11.2. The lowest BCUT2D eigenvalue weighted by molar-refractivity contribution is 0.190. The first-order chi connectivity index (χ1) is 9.87. The van der Waals surface area contributed by atoms with Gasteiger partial charge >= 0.3 is 6.09 Å². The van der Waals surface area contributed by atoms with Crippen molar-refractivity contribution in [2.45, 2.75) is 33.2 Å². The molecule has 0 aromatic heterocycles. The lowest BCUT2D eigenvalue weighted by Crippen LogP contribution is -2.42. The first-order valence-corrected chi connectivity index (χ1v) is 7.04. The molecular formula is C17H21NO3. The first-order valence-electron chi connectivity index (χ1n) is 7.04. The standard InChI is InChI=1S/C17H21NO3/c1-5-20-14-8-6-12-7-9-15(11-13(12)10-14)21-16(19)18-17(2,3)4/h6-11H,5H2,1-4H3,(H,18,19). The molecule has 21 heavy (non-hydrogen) atoms. The smallest absolute Gasteiger partial charge is 0.413 e. The molecular weight excluding hydrogens is 266 g/mol. The summed E-state index contributed by atoms with van der Waals surface area (Å²) in [5.41, 5.74) is -0.323. The summed E-state index contributed by atoms with van der Waals surface area (Å²) in [6, 6.07) is 11.4. The maximum absolute atomic E-state index is 11.8. The van der Waals surface area contributed by atoms with Crippen molar-refractivity contribution in [3.63, 3.8) is 0 Å². The summed E-state index contributed by atoms with van der Waals surface area (Å²) >= 11 is 0. The molecule has 2 aromatic carbocycles. The molecule has 0 fully saturated rings. The van der Waals surface area contributed by atoms with Gasteiger partial charge in [-0.3, -0.25) is 0 Å². The number of carbonyl (C=O) groups is 1. The lowest BCUT2D eigenvalue weighted by Gasteiger charge is -2.19. The van der Waals surface area contributed by atoms with Gasteiger partial charge < -0.3 is 14.8 Å². The van der Waals surface area contributed by atoms with E-state index in [0.29, 0.717) is 12.4 Å². The fourth-order valence-corrected chi connectivity index (χ4v) is 1.96. The molecule has 0 spiro atoms. The van der Waals surface area contributed by atoms with E-state index in [9.17, 15) is 4.79 Å². The Bertz CT molecular complexity index is 644. The van der Waals surface area contributed by atoms with E-state index in [1.54, 1.807) is 6.07 Å². The van der Waals surface area contributed by atoms with Crippen LogP contribution >= 0.6 is 0 Å². The van der Waals surface area contributed by atoms with E-state index in [4.69, 9.17) is 9.47 Å². The van der Waals surface area contributed by atoms with E-state index in [1.807, 2.05) is 58.0 Å². The monoisotopic (exact) mass is 287 g/mol. The summed E-state index contributed by atoms with van der Waals surface area (Å²) in [6.07, 6.45) is -0.456. The molecule has 0 aliphatic rings. The van der Waals surface area contributed by atoms with Crippen LogP contribution in [-0.2, 0) is 0 Å². The molecule has 2 aromatic rings. The van der Waals surface area contributed by atoms with Crippen LogP contribution in [0.1, 0.15) is 27.7 Å². The third-order valence-corrected chi connectivity index (χ3v) is 2.78. The van der Waals surface area contributed by atoms with E-state index in [-0.39, 0.29) is 5.54 Å². The van der Waals surface area contributed by atoms with Crippen molar-refractivity contribution < 1.29 is 14.3 Å². The van der Waals surface area contributed by atoms with Gasteiger partial charge in [0.2, 0.25) is 0 Å². The topological polar surface area (TPSA) is 47.6 Å². The third kappa shape index (κ3) is 4.38. The minimum absolute atomic E-state index is 0.323. The van der Waals surface area contributed by atoms with Gasteiger partial charge in [-0.2, -0.15) is 0 Å². The second-order valence-corrected chi connectivity index (χ2v) is 5.87. The molecule has 1 N–H and O–H groups in total. The van der Waals surface area contributed by atoms with Crippen LogP contribution in [0.15, 0.2) is 36.4 Å². The zero-order valence-electron chi connectivity index (χ0n) is 12.9. The van der Waals surface area contributed by atoms with Crippen molar-refractivity contribution in [3.8, 4) is 11.5 Å². The van der Waals surface area contributed by atoms with Crippen molar-refractivity contribution >= 4 is 16.9 Å². The SMILES string of the molecule is CCOc1ccc2ccc(OC(=O)NC(C)(C)C)cc2c1. The summed E-state index contributed by atoms with van der Waals surface area (Å²) in [4.78, 5) is 11.8. The van der Waals surface area contributed by atoms with Crippen molar-refractivity contribution in [1.82, 2.24) is 5.32 Å². The number of fused-ring (bicyclic) bond motifs is 1. The van der Waals surface area contributed by atoms with Crippen LogP contribution in [0.2, 0.25) is 0 Å². The molecule has 4 nitrogen and oxygen atoms in total. The third-order valence-electron chi connectivity index (χ3n) is 2.78. The second-order valence-electron chi connectivity index (χ2n) is 5.87. The highest BCUT2D eigenvalue weighted by molar-refractivity contribution is 5.86. The Balaban J connectivity index is 2.19. The van der Waals surface area contributed by atoms with E-state index >= 15 is 0 Å². The summed E-state index contributed by atoms with van der Waals surface area (Å²) in [5.74, 6) is 1.32. The van der Waals surface area contributed by atoms with Crippen LogP contribution in [0.25, 0.3) is 10.8 Å². The minimum atomic E-state index is -0.456. The van der Waals surface area contributed by atoms with Crippen molar-refractivity contribution in [1.29, 1.82) is 0 Å². The highest BCUT2D eigenvalue weighted by Gasteiger charge is 2.15. The number of amides is 1. The van der Waals surface area contributed by atoms with Gasteiger partial charge in [0, 0.05) is 5.54 Å². The van der Waals surface area contributed by atoms with Crippen LogP contribution < -0.4 is 14.8 Å². The van der Waals surface area contributed by atoms with Crippen LogP contribution in [0.5, 0.6) is 11.5 Å². The number of rotatable bonds is 3. The van der Waals surface area contributed by atoms with Gasteiger partial charge in [-0.15, -0.1) is 0 Å². The molecule has 0 aliphatic carbocycles. The Morgan fingerprint density at radius 3 is 2.29 bits per heavy atom. The largest absolute Gasteiger partial charge is 0.494 e. The molecule has 2 rings (SSSR count). The van der Waals surface area contributed by atoms with Gasteiger partial charge in [-0.05, 0) is 62.7 Å². The minimum Gasteiger partial charge on any atom is -0.494 e. The fraction of sp³-hybridized carbons (Fsp3) is 0.353. The van der Waals surface area contributed by atoms with Gasteiger partial charge in [-0.25, -0.2) is 4.79 Å². The molecule has 1 amide bonds. The van der Waals surface area contributed by atoms with Gasteiger partial charge in [0.1, 0.15) is 11.5 Å². The van der Waals surface area contributed by atoms with Crippen LogP contribution in [-0.4, -0.2) is 18.2 Å². The van der Waals surface area contributed by atoms with Crippen molar-refractivity contribution in [2.75, 3.05) is 6.61 Å². The summed E-state index contributed by atoms with van der Waals surface area (Å²) < 4.78 is 10.8. The Morgan fingerprint density at radius 1 is 1.05 bits per heavy atom. The number of nitrogens with one attached hydrogen (secondary N) is 1. The molecule has 0 heterocycles. The molecule has 0 radical (unpaired) electrons. The zero-order chi connectivity index (χ0) is 15.5. The van der Waals surface area contributed by atoms with Crippen molar-refractivity contribution in [2.24, 2.45) is 0 Å². The van der Waals surface area contributed by atoms with E-state index in [2.05, 4.69) is 5.32 Å². The number of hydrogen-bond donors (Lipinski definition) is 1. The average Bonchev–Trinajstić information content (AvgIpc) is 2.36. The van der Waals surface area contributed by atoms with Crippen LogP contribution in [0.3, 0.4) is 0 Å².